The lowest BCUT2D eigenvalue weighted by atomic mass is 10.1. The van der Waals surface area contributed by atoms with Gasteiger partial charge in [0, 0.05) is 19.0 Å². The number of aryl methyl sites for hydroxylation is 2. The van der Waals surface area contributed by atoms with Gasteiger partial charge in [-0.15, -0.1) is 0 Å². The molecule has 6 nitrogen and oxygen atoms in total. The summed E-state index contributed by atoms with van der Waals surface area (Å²) >= 11 is 11.9. The first-order valence-corrected chi connectivity index (χ1v) is 9.51. The van der Waals surface area contributed by atoms with Gasteiger partial charge in [-0.2, -0.15) is 4.98 Å². The van der Waals surface area contributed by atoms with Gasteiger partial charge in [-0.25, -0.2) is 0 Å². The molecule has 0 spiro atoms. The van der Waals surface area contributed by atoms with Crippen molar-refractivity contribution in [2.45, 2.75) is 26.4 Å². The molecule has 0 fully saturated rings. The summed E-state index contributed by atoms with van der Waals surface area (Å²) in [7, 11) is 0. The maximum Gasteiger partial charge on any atom is 0.251 e. The van der Waals surface area contributed by atoms with E-state index in [1.807, 2.05) is 12.1 Å². The summed E-state index contributed by atoms with van der Waals surface area (Å²) in [5, 5.41) is 7.75. The molecule has 0 unspecified atom stereocenters. The highest BCUT2D eigenvalue weighted by molar-refractivity contribution is 6.42. The topological polar surface area (TPSA) is 77.2 Å². The van der Waals surface area contributed by atoms with E-state index in [4.69, 9.17) is 32.5 Å². The van der Waals surface area contributed by atoms with Gasteiger partial charge >= 0.3 is 0 Å². The Kier molecular flexibility index (Phi) is 6.90. The van der Waals surface area contributed by atoms with Crippen LogP contribution in [0.2, 0.25) is 10.0 Å². The van der Waals surface area contributed by atoms with Crippen molar-refractivity contribution in [3.63, 3.8) is 0 Å². The minimum Gasteiger partial charge on any atom is -0.485 e. The molecule has 1 amide bonds. The van der Waals surface area contributed by atoms with Crippen molar-refractivity contribution in [2.75, 3.05) is 6.54 Å². The van der Waals surface area contributed by atoms with Crippen molar-refractivity contribution in [1.29, 1.82) is 0 Å². The van der Waals surface area contributed by atoms with E-state index >= 15 is 0 Å². The van der Waals surface area contributed by atoms with Crippen LogP contribution in [0.1, 0.15) is 34.1 Å². The highest BCUT2D eigenvalue weighted by Crippen LogP contribution is 2.23. The molecular weight excluding hydrogens is 401 g/mol. The first kappa shape index (κ1) is 20.2. The predicted octanol–water partition coefficient (Wildman–Crippen LogP) is 4.63. The van der Waals surface area contributed by atoms with E-state index in [-0.39, 0.29) is 12.5 Å². The van der Waals surface area contributed by atoms with Crippen molar-refractivity contribution >= 4 is 29.1 Å². The third kappa shape index (κ3) is 5.71. The number of aromatic nitrogens is 2. The molecule has 3 rings (SSSR count). The molecule has 0 saturated heterocycles. The largest absolute Gasteiger partial charge is 0.485 e. The van der Waals surface area contributed by atoms with Crippen molar-refractivity contribution in [3.05, 3.63) is 75.4 Å². The van der Waals surface area contributed by atoms with Gasteiger partial charge in [-0.3, -0.25) is 4.79 Å². The van der Waals surface area contributed by atoms with Gasteiger partial charge in [0.25, 0.3) is 5.91 Å². The molecule has 0 bridgehead atoms. The summed E-state index contributed by atoms with van der Waals surface area (Å²) < 4.78 is 10.5. The van der Waals surface area contributed by atoms with Crippen LogP contribution < -0.4 is 10.1 Å². The summed E-state index contributed by atoms with van der Waals surface area (Å²) in [5.41, 5.74) is 1.65. The maximum atomic E-state index is 12.2. The number of carbonyl (C=O) groups is 1. The van der Waals surface area contributed by atoms with Crippen LogP contribution in [0.25, 0.3) is 0 Å². The number of carbonyl (C=O) groups excluding carboxylic acids is 1. The van der Waals surface area contributed by atoms with E-state index in [9.17, 15) is 4.79 Å². The average molecular weight is 420 g/mol. The van der Waals surface area contributed by atoms with Gasteiger partial charge in [0.05, 0.1) is 10.0 Å². The molecule has 2 aromatic carbocycles. The number of rotatable bonds is 8. The molecule has 0 atom stereocenters. The molecule has 0 aliphatic carbocycles. The van der Waals surface area contributed by atoms with Crippen LogP contribution >= 0.6 is 23.2 Å². The van der Waals surface area contributed by atoms with E-state index in [0.29, 0.717) is 39.6 Å². The number of hydrogen-bond donors (Lipinski definition) is 1. The van der Waals surface area contributed by atoms with Gasteiger partial charge in [-0.05, 0) is 54.8 Å². The second-order valence-electron chi connectivity index (χ2n) is 6.15. The SMILES string of the molecule is Cc1nc(COc2ccc(C(=O)NCCCc3ccc(Cl)c(Cl)c3)cc2)no1. The van der Waals surface area contributed by atoms with Gasteiger partial charge in [0.1, 0.15) is 5.75 Å². The Morgan fingerprint density at radius 1 is 1.14 bits per heavy atom. The summed E-state index contributed by atoms with van der Waals surface area (Å²) in [6.07, 6.45) is 1.61. The quantitative estimate of drug-likeness (QED) is 0.538. The first-order valence-electron chi connectivity index (χ1n) is 8.75. The standard InChI is InChI=1S/C20H19Cl2N3O3/c1-13-24-19(25-28-13)12-27-16-7-5-15(6-8-16)20(26)23-10-2-3-14-4-9-17(21)18(22)11-14/h4-9,11H,2-3,10,12H2,1H3,(H,23,26). The molecule has 146 valence electrons. The van der Waals surface area contributed by atoms with Crippen LogP contribution in [0.15, 0.2) is 47.0 Å². The molecule has 0 saturated carbocycles. The molecule has 1 N–H and O–H groups in total. The zero-order valence-corrected chi connectivity index (χ0v) is 16.8. The summed E-state index contributed by atoms with van der Waals surface area (Å²) in [6.45, 7) is 2.49. The summed E-state index contributed by atoms with van der Waals surface area (Å²) in [4.78, 5) is 16.3. The predicted molar refractivity (Wildman–Crippen MR) is 107 cm³/mol. The average Bonchev–Trinajstić information content (AvgIpc) is 3.12. The number of hydrogen-bond acceptors (Lipinski definition) is 5. The number of amides is 1. The third-order valence-corrected chi connectivity index (χ3v) is 4.70. The molecular formula is C20H19Cl2N3O3. The van der Waals surface area contributed by atoms with Crippen molar-refractivity contribution in [3.8, 4) is 5.75 Å². The van der Waals surface area contributed by atoms with Crippen LogP contribution in [0.4, 0.5) is 0 Å². The lowest BCUT2D eigenvalue weighted by Crippen LogP contribution is -2.24. The molecule has 0 aliphatic heterocycles. The Morgan fingerprint density at radius 3 is 2.61 bits per heavy atom. The van der Waals surface area contributed by atoms with E-state index < -0.39 is 0 Å². The van der Waals surface area contributed by atoms with E-state index in [1.54, 1.807) is 37.3 Å². The van der Waals surface area contributed by atoms with Crippen LogP contribution in [-0.2, 0) is 13.0 Å². The van der Waals surface area contributed by atoms with Crippen molar-refractivity contribution < 1.29 is 14.1 Å². The fourth-order valence-electron chi connectivity index (χ4n) is 2.54. The maximum absolute atomic E-state index is 12.2. The van der Waals surface area contributed by atoms with Crippen LogP contribution in [0, 0.1) is 6.92 Å². The number of benzene rings is 2. The Labute approximate surface area is 172 Å². The fourth-order valence-corrected chi connectivity index (χ4v) is 2.86. The minimum atomic E-state index is -0.130. The Hall–Kier alpha value is -2.57. The van der Waals surface area contributed by atoms with Crippen LogP contribution in [0.3, 0.4) is 0 Å². The second kappa shape index (κ2) is 9.57. The first-order chi connectivity index (χ1) is 13.5. The Balaban J connectivity index is 1.42. The van der Waals surface area contributed by atoms with Gasteiger partial charge in [0.15, 0.2) is 6.61 Å². The molecule has 3 aromatic rings. The normalized spacial score (nSPS) is 10.7. The van der Waals surface area contributed by atoms with E-state index in [1.165, 1.54) is 0 Å². The van der Waals surface area contributed by atoms with Crippen molar-refractivity contribution in [2.24, 2.45) is 0 Å². The van der Waals surface area contributed by atoms with Crippen LogP contribution in [0.5, 0.6) is 5.75 Å². The summed E-state index contributed by atoms with van der Waals surface area (Å²) in [6, 6.07) is 12.5. The third-order valence-electron chi connectivity index (χ3n) is 3.97. The smallest absolute Gasteiger partial charge is 0.251 e. The second-order valence-corrected chi connectivity index (χ2v) is 6.96. The van der Waals surface area contributed by atoms with Crippen molar-refractivity contribution in [1.82, 2.24) is 15.5 Å². The monoisotopic (exact) mass is 419 g/mol. The highest BCUT2D eigenvalue weighted by atomic mass is 35.5. The minimum absolute atomic E-state index is 0.130. The Bertz CT molecular complexity index is 942. The number of nitrogens with zero attached hydrogens (tertiary/aromatic N) is 2. The van der Waals surface area contributed by atoms with Gasteiger partial charge < -0.3 is 14.6 Å². The zero-order chi connectivity index (χ0) is 19.9. The zero-order valence-electron chi connectivity index (χ0n) is 15.2. The molecule has 0 aliphatic rings. The number of halogens is 2. The molecule has 1 aromatic heterocycles. The molecule has 1 heterocycles. The number of nitrogens with one attached hydrogen (secondary N) is 1. The van der Waals surface area contributed by atoms with E-state index in [2.05, 4.69) is 15.5 Å². The van der Waals surface area contributed by atoms with E-state index in [0.717, 1.165) is 18.4 Å². The molecule has 0 radical (unpaired) electrons. The fraction of sp³-hybridized carbons (Fsp3) is 0.250. The van der Waals surface area contributed by atoms with Gasteiger partial charge in [0.2, 0.25) is 11.7 Å². The van der Waals surface area contributed by atoms with Gasteiger partial charge in [-0.1, -0.05) is 34.4 Å². The van der Waals surface area contributed by atoms with Crippen LogP contribution in [-0.4, -0.2) is 22.6 Å². The number of ether oxygens (including phenoxy) is 1. The molecule has 8 heteroatoms. The highest BCUT2D eigenvalue weighted by Gasteiger charge is 2.07. The molecule has 28 heavy (non-hydrogen) atoms. The summed E-state index contributed by atoms with van der Waals surface area (Å²) in [5.74, 6) is 1.46. The lowest BCUT2D eigenvalue weighted by Gasteiger charge is -2.07. The Morgan fingerprint density at radius 2 is 1.93 bits per heavy atom. The lowest BCUT2D eigenvalue weighted by molar-refractivity contribution is 0.0953.